The van der Waals surface area contributed by atoms with E-state index in [0.29, 0.717) is 17.1 Å². The molecule has 0 aliphatic carbocycles. The van der Waals surface area contributed by atoms with Crippen LogP contribution in [0.2, 0.25) is 5.02 Å². The smallest absolute Gasteiger partial charge is 0.224 e. The first-order valence-corrected chi connectivity index (χ1v) is 6.57. The molecule has 0 fully saturated rings. The average Bonchev–Trinajstić information content (AvgIpc) is 2.43. The largest absolute Gasteiger partial charge is 0.324 e. The van der Waals surface area contributed by atoms with Crippen LogP contribution < -0.4 is 5.32 Å². The third kappa shape index (κ3) is 4.38. The molecule has 19 heavy (non-hydrogen) atoms. The number of pyridine rings is 1. The van der Waals surface area contributed by atoms with Gasteiger partial charge in [-0.15, -0.1) is 0 Å². The van der Waals surface area contributed by atoms with E-state index in [1.807, 2.05) is 18.2 Å². The molecule has 2 rings (SSSR count). The molecule has 0 aliphatic rings. The van der Waals surface area contributed by atoms with Crippen LogP contribution in [0.4, 0.5) is 5.69 Å². The number of carbonyl (C=O) groups excluding carboxylic acids is 1. The first-order valence-electron chi connectivity index (χ1n) is 6.19. The number of carbonyl (C=O) groups is 1. The Hall–Kier alpha value is -1.87. The van der Waals surface area contributed by atoms with E-state index < -0.39 is 0 Å². The minimum absolute atomic E-state index is 0.0363. The fourth-order valence-electron chi connectivity index (χ4n) is 1.78. The van der Waals surface area contributed by atoms with Gasteiger partial charge in [0, 0.05) is 12.6 Å². The SMILES string of the molecule is O=C(CCCc1ccccc1)Nc1cnccc1Cl. The van der Waals surface area contributed by atoms with Crippen molar-refractivity contribution < 1.29 is 4.79 Å². The molecule has 0 saturated heterocycles. The lowest BCUT2D eigenvalue weighted by Crippen LogP contribution is -2.12. The van der Waals surface area contributed by atoms with Crippen molar-refractivity contribution in [2.45, 2.75) is 19.3 Å². The van der Waals surface area contributed by atoms with Crippen LogP contribution >= 0.6 is 11.6 Å². The molecule has 0 spiro atoms. The van der Waals surface area contributed by atoms with Crippen molar-refractivity contribution in [1.29, 1.82) is 0 Å². The van der Waals surface area contributed by atoms with Crippen molar-refractivity contribution >= 4 is 23.2 Å². The third-order valence-electron chi connectivity index (χ3n) is 2.75. The first kappa shape index (κ1) is 13.6. The highest BCUT2D eigenvalue weighted by atomic mass is 35.5. The Morgan fingerprint density at radius 3 is 2.74 bits per heavy atom. The minimum Gasteiger partial charge on any atom is -0.324 e. The molecule has 98 valence electrons. The van der Waals surface area contributed by atoms with E-state index >= 15 is 0 Å². The maximum absolute atomic E-state index is 11.8. The zero-order valence-corrected chi connectivity index (χ0v) is 11.2. The van der Waals surface area contributed by atoms with Crippen molar-refractivity contribution in [2.24, 2.45) is 0 Å². The number of aryl methyl sites for hydroxylation is 1. The molecule has 1 aromatic carbocycles. The average molecular weight is 275 g/mol. The van der Waals surface area contributed by atoms with Gasteiger partial charge < -0.3 is 5.32 Å². The van der Waals surface area contributed by atoms with Gasteiger partial charge in [0.1, 0.15) is 0 Å². The Kier molecular flexibility index (Phi) is 4.93. The molecule has 4 heteroatoms. The standard InChI is InChI=1S/C15H15ClN2O/c16-13-9-10-17-11-14(13)18-15(19)8-4-7-12-5-2-1-3-6-12/h1-3,5-6,9-11H,4,7-8H2,(H,18,19). The van der Waals surface area contributed by atoms with Crippen LogP contribution in [-0.4, -0.2) is 10.9 Å². The fourth-order valence-corrected chi connectivity index (χ4v) is 1.93. The Morgan fingerprint density at radius 1 is 1.21 bits per heavy atom. The second kappa shape index (κ2) is 6.90. The van der Waals surface area contributed by atoms with Crippen LogP contribution in [0.3, 0.4) is 0 Å². The number of halogens is 1. The Labute approximate surface area is 117 Å². The molecular weight excluding hydrogens is 260 g/mol. The molecule has 1 N–H and O–H groups in total. The molecule has 0 aliphatic heterocycles. The second-order valence-electron chi connectivity index (χ2n) is 4.24. The van der Waals surface area contributed by atoms with E-state index in [2.05, 4.69) is 22.4 Å². The molecule has 1 aromatic heterocycles. The van der Waals surface area contributed by atoms with E-state index in [-0.39, 0.29) is 5.91 Å². The Morgan fingerprint density at radius 2 is 2.00 bits per heavy atom. The van der Waals surface area contributed by atoms with Gasteiger partial charge >= 0.3 is 0 Å². The lowest BCUT2D eigenvalue weighted by Gasteiger charge is -2.06. The summed E-state index contributed by atoms with van der Waals surface area (Å²) in [6.45, 7) is 0. The van der Waals surface area contributed by atoms with Crippen LogP contribution in [0, 0.1) is 0 Å². The van der Waals surface area contributed by atoms with Crippen molar-refractivity contribution in [1.82, 2.24) is 4.98 Å². The number of hydrogen-bond acceptors (Lipinski definition) is 2. The van der Waals surface area contributed by atoms with Crippen molar-refractivity contribution in [3.8, 4) is 0 Å². The molecule has 0 bridgehead atoms. The lowest BCUT2D eigenvalue weighted by molar-refractivity contribution is -0.116. The van der Waals surface area contributed by atoms with Gasteiger partial charge in [-0.3, -0.25) is 9.78 Å². The number of benzene rings is 1. The molecule has 0 unspecified atom stereocenters. The van der Waals surface area contributed by atoms with Crippen LogP contribution in [0.5, 0.6) is 0 Å². The van der Waals surface area contributed by atoms with Crippen LogP contribution in [0.1, 0.15) is 18.4 Å². The van der Waals surface area contributed by atoms with E-state index in [4.69, 9.17) is 11.6 Å². The summed E-state index contributed by atoms with van der Waals surface area (Å²) in [7, 11) is 0. The van der Waals surface area contributed by atoms with Gasteiger partial charge in [0.2, 0.25) is 5.91 Å². The topological polar surface area (TPSA) is 42.0 Å². The van der Waals surface area contributed by atoms with E-state index in [9.17, 15) is 4.79 Å². The first-order chi connectivity index (χ1) is 9.25. The third-order valence-corrected chi connectivity index (χ3v) is 3.08. The quantitative estimate of drug-likeness (QED) is 0.903. The van der Waals surface area contributed by atoms with Gasteiger partial charge in [0.15, 0.2) is 0 Å². The van der Waals surface area contributed by atoms with E-state index in [1.165, 1.54) is 5.56 Å². The van der Waals surface area contributed by atoms with Gasteiger partial charge in [-0.2, -0.15) is 0 Å². The Bertz CT molecular complexity index is 543. The zero-order chi connectivity index (χ0) is 13.5. The molecule has 2 aromatic rings. The molecule has 1 amide bonds. The number of rotatable bonds is 5. The summed E-state index contributed by atoms with van der Waals surface area (Å²) in [6.07, 6.45) is 5.33. The zero-order valence-electron chi connectivity index (χ0n) is 10.5. The summed E-state index contributed by atoms with van der Waals surface area (Å²) in [5.41, 5.74) is 1.81. The summed E-state index contributed by atoms with van der Waals surface area (Å²) in [5, 5.41) is 3.27. The number of amides is 1. The van der Waals surface area contributed by atoms with Gasteiger partial charge in [-0.1, -0.05) is 41.9 Å². The van der Waals surface area contributed by atoms with Gasteiger partial charge in [-0.05, 0) is 24.5 Å². The number of anilines is 1. The highest BCUT2D eigenvalue weighted by molar-refractivity contribution is 6.33. The predicted molar refractivity (Wildman–Crippen MR) is 77.3 cm³/mol. The highest BCUT2D eigenvalue weighted by Gasteiger charge is 2.05. The summed E-state index contributed by atoms with van der Waals surface area (Å²) in [6, 6.07) is 11.8. The normalized spacial score (nSPS) is 10.2. The van der Waals surface area contributed by atoms with E-state index in [1.54, 1.807) is 18.5 Å². The van der Waals surface area contributed by atoms with Crippen LogP contribution in [0.25, 0.3) is 0 Å². The second-order valence-corrected chi connectivity index (χ2v) is 4.65. The summed E-state index contributed by atoms with van der Waals surface area (Å²) < 4.78 is 0. The van der Waals surface area contributed by atoms with Crippen molar-refractivity contribution in [2.75, 3.05) is 5.32 Å². The number of aromatic nitrogens is 1. The van der Waals surface area contributed by atoms with Gasteiger partial charge in [-0.25, -0.2) is 0 Å². The predicted octanol–water partition coefficient (Wildman–Crippen LogP) is 3.70. The Balaban J connectivity index is 1.78. The maximum atomic E-state index is 11.8. The summed E-state index contributed by atoms with van der Waals surface area (Å²) >= 11 is 5.94. The molecule has 1 heterocycles. The minimum atomic E-state index is -0.0363. The van der Waals surface area contributed by atoms with Gasteiger partial charge in [0.05, 0.1) is 16.9 Å². The molecule has 3 nitrogen and oxygen atoms in total. The number of nitrogens with one attached hydrogen (secondary N) is 1. The van der Waals surface area contributed by atoms with Crippen LogP contribution in [-0.2, 0) is 11.2 Å². The molecular formula is C15H15ClN2O. The summed E-state index contributed by atoms with van der Waals surface area (Å²) in [5.74, 6) is -0.0363. The van der Waals surface area contributed by atoms with Crippen LogP contribution in [0.15, 0.2) is 48.8 Å². The number of hydrogen-bond donors (Lipinski definition) is 1. The molecule has 0 radical (unpaired) electrons. The molecule has 0 atom stereocenters. The monoisotopic (exact) mass is 274 g/mol. The fraction of sp³-hybridized carbons (Fsp3) is 0.200. The van der Waals surface area contributed by atoms with Crippen molar-refractivity contribution in [3.63, 3.8) is 0 Å². The maximum Gasteiger partial charge on any atom is 0.224 e. The highest BCUT2D eigenvalue weighted by Crippen LogP contribution is 2.19. The summed E-state index contributed by atoms with van der Waals surface area (Å²) in [4.78, 5) is 15.7. The van der Waals surface area contributed by atoms with E-state index in [0.717, 1.165) is 12.8 Å². The number of nitrogens with zero attached hydrogens (tertiary/aromatic N) is 1. The van der Waals surface area contributed by atoms with Crippen molar-refractivity contribution in [3.05, 3.63) is 59.4 Å². The molecule has 0 saturated carbocycles. The lowest BCUT2D eigenvalue weighted by atomic mass is 10.1. The van der Waals surface area contributed by atoms with Gasteiger partial charge in [0.25, 0.3) is 0 Å².